The van der Waals surface area contributed by atoms with E-state index in [4.69, 9.17) is 4.42 Å². The zero-order chi connectivity index (χ0) is 21.4. The zero-order valence-electron chi connectivity index (χ0n) is 17.6. The second-order valence-electron chi connectivity index (χ2n) is 8.43. The van der Waals surface area contributed by atoms with Gasteiger partial charge in [0.2, 0.25) is 5.91 Å². The Hall–Kier alpha value is -3.35. The lowest BCUT2D eigenvalue weighted by molar-refractivity contribution is -0.133. The highest BCUT2D eigenvalue weighted by Gasteiger charge is 2.35. The molecule has 1 saturated heterocycles. The average molecular weight is 418 g/mol. The lowest BCUT2D eigenvalue weighted by Crippen LogP contribution is -2.47. The normalized spacial score (nSPS) is 17.0. The van der Waals surface area contributed by atoms with Crippen molar-refractivity contribution in [2.45, 2.75) is 38.6 Å². The molecule has 0 unspecified atom stereocenters. The van der Waals surface area contributed by atoms with Crippen LogP contribution in [0.4, 0.5) is 0 Å². The van der Waals surface area contributed by atoms with E-state index in [0.717, 1.165) is 37.1 Å². The Bertz CT molecular complexity index is 1090. The summed E-state index contributed by atoms with van der Waals surface area (Å²) in [6, 6.07) is 13.4. The summed E-state index contributed by atoms with van der Waals surface area (Å²) in [6.07, 6.45) is 5.34. The highest BCUT2D eigenvalue weighted by molar-refractivity contribution is 5.99. The van der Waals surface area contributed by atoms with Gasteiger partial charge in [-0.2, -0.15) is 5.10 Å². The molecule has 31 heavy (non-hydrogen) atoms. The predicted octanol–water partition coefficient (Wildman–Crippen LogP) is 3.57. The van der Waals surface area contributed by atoms with Crippen molar-refractivity contribution in [2.75, 3.05) is 13.1 Å². The summed E-state index contributed by atoms with van der Waals surface area (Å²) in [5.41, 5.74) is 1.88. The number of piperidine rings is 1. The minimum atomic E-state index is -0.168. The van der Waals surface area contributed by atoms with Crippen molar-refractivity contribution >= 4 is 11.8 Å². The second-order valence-corrected chi connectivity index (χ2v) is 8.43. The van der Waals surface area contributed by atoms with Crippen molar-refractivity contribution in [3.8, 4) is 17.1 Å². The number of carbonyl (C=O) groups excluding carboxylic acids is 2. The van der Waals surface area contributed by atoms with Crippen LogP contribution in [0.1, 0.15) is 41.8 Å². The third kappa shape index (κ3) is 4.13. The Labute approximate surface area is 181 Å². The van der Waals surface area contributed by atoms with Crippen LogP contribution in [-0.4, -0.2) is 45.6 Å². The van der Waals surface area contributed by atoms with Crippen LogP contribution in [0.5, 0.6) is 0 Å². The maximum atomic E-state index is 13.2. The van der Waals surface area contributed by atoms with Gasteiger partial charge in [-0.1, -0.05) is 18.2 Å². The maximum absolute atomic E-state index is 13.2. The molecule has 0 radical (unpaired) electrons. The summed E-state index contributed by atoms with van der Waals surface area (Å²) < 4.78 is 7.48. The first-order chi connectivity index (χ1) is 15.1. The molecule has 1 N–H and O–H groups in total. The van der Waals surface area contributed by atoms with Crippen molar-refractivity contribution in [3.63, 3.8) is 0 Å². The first kappa shape index (κ1) is 19.6. The number of benzene rings is 1. The lowest BCUT2D eigenvalue weighted by Gasteiger charge is -2.32. The average Bonchev–Trinajstić information content (AvgIpc) is 3.40. The second kappa shape index (κ2) is 8.06. The molecule has 0 atom stereocenters. The maximum Gasteiger partial charge on any atom is 0.255 e. The van der Waals surface area contributed by atoms with Crippen LogP contribution in [0.3, 0.4) is 0 Å². The monoisotopic (exact) mass is 418 g/mol. The fraction of sp³-hybridized carbons (Fsp3) is 0.375. The van der Waals surface area contributed by atoms with Gasteiger partial charge in [0.1, 0.15) is 11.5 Å². The Morgan fingerprint density at radius 2 is 1.77 bits per heavy atom. The Morgan fingerprint density at radius 1 is 1.03 bits per heavy atom. The Morgan fingerprint density at radius 3 is 2.42 bits per heavy atom. The Balaban J connectivity index is 1.34. The topological polar surface area (TPSA) is 80.4 Å². The molecule has 1 aliphatic carbocycles. The number of aryl methyl sites for hydroxylation is 1. The Kier molecular flexibility index (Phi) is 5.10. The lowest BCUT2D eigenvalue weighted by atomic mass is 10.0. The third-order valence-corrected chi connectivity index (χ3v) is 6.02. The summed E-state index contributed by atoms with van der Waals surface area (Å²) in [6.45, 7) is 3.27. The number of para-hydroxylation sites is 1. The molecule has 2 amide bonds. The number of nitrogens with one attached hydrogen (secondary N) is 1. The van der Waals surface area contributed by atoms with Gasteiger partial charge in [-0.25, -0.2) is 4.68 Å². The van der Waals surface area contributed by atoms with E-state index in [1.807, 2.05) is 54.3 Å². The minimum absolute atomic E-state index is 0.0435. The number of nitrogens with zero attached hydrogens (tertiary/aromatic N) is 3. The van der Waals surface area contributed by atoms with E-state index in [1.54, 1.807) is 10.9 Å². The van der Waals surface area contributed by atoms with Crippen LogP contribution in [0.25, 0.3) is 17.1 Å². The number of likely N-dealkylation sites (tertiary alicyclic amines) is 1. The van der Waals surface area contributed by atoms with Crippen molar-refractivity contribution in [2.24, 2.45) is 5.92 Å². The third-order valence-electron chi connectivity index (χ3n) is 6.02. The van der Waals surface area contributed by atoms with E-state index >= 15 is 0 Å². The molecule has 1 aromatic carbocycles. The molecule has 7 heteroatoms. The van der Waals surface area contributed by atoms with Gasteiger partial charge in [-0.15, -0.1) is 0 Å². The molecule has 2 aliphatic rings. The van der Waals surface area contributed by atoms with Gasteiger partial charge < -0.3 is 14.6 Å². The summed E-state index contributed by atoms with van der Waals surface area (Å²) in [4.78, 5) is 27.4. The van der Waals surface area contributed by atoms with E-state index in [-0.39, 0.29) is 23.8 Å². The van der Waals surface area contributed by atoms with Crippen LogP contribution in [0, 0.1) is 12.8 Å². The van der Waals surface area contributed by atoms with E-state index in [9.17, 15) is 9.59 Å². The fourth-order valence-electron chi connectivity index (χ4n) is 4.09. The first-order valence-corrected chi connectivity index (χ1v) is 10.9. The molecule has 0 spiro atoms. The van der Waals surface area contributed by atoms with Crippen molar-refractivity contribution < 1.29 is 14.0 Å². The summed E-state index contributed by atoms with van der Waals surface area (Å²) in [5.74, 6) is 1.70. The van der Waals surface area contributed by atoms with Crippen LogP contribution in [0.2, 0.25) is 0 Å². The van der Waals surface area contributed by atoms with Gasteiger partial charge in [0.15, 0.2) is 5.76 Å². The van der Waals surface area contributed by atoms with E-state index in [2.05, 4.69) is 10.4 Å². The minimum Gasteiger partial charge on any atom is -0.460 e. The van der Waals surface area contributed by atoms with E-state index in [0.29, 0.717) is 30.1 Å². The number of amides is 2. The molecular weight excluding hydrogens is 392 g/mol. The predicted molar refractivity (Wildman–Crippen MR) is 116 cm³/mol. The standard InChI is InChI=1S/C24H26N4O3/c1-16-7-10-21(31-16)22-20(15-28(26-22)19-5-3-2-4-6-19)23(29)25-18-11-13-27(14-12-18)24(30)17-8-9-17/h2-7,10,15,17-18H,8-9,11-14H2,1H3,(H,25,29). The number of furan rings is 1. The van der Waals surface area contributed by atoms with E-state index in [1.165, 1.54) is 0 Å². The largest absolute Gasteiger partial charge is 0.460 e. The van der Waals surface area contributed by atoms with Gasteiger partial charge in [-0.05, 0) is 56.9 Å². The molecule has 160 valence electrons. The summed E-state index contributed by atoms with van der Waals surface area (Å²) >= 11 is 0. The number of aromatic nitrogens is 2. The van der Waals surface area contributed by atoms with Crippen LogP contribution in [-0.2, 0) is 4.79 Å². The molecule has 2 fully saturated rings. The number of hydrogen-bond donors (Lipinski definition) is 1. The molecule has 1 aliphatic heterocycles. The number of hydrogen-bond acceptors (Lipinski definition) is 4. The molecular formula is C24H26N4O3. The first-order valence-electron chi connectivity index (χ1n) is 10.9. The highest BCUT2D eigenvalue weighted by Crippen LogP contribution is 2.32. The van der Waals surface area contributed by atoms with Crippen molar-refractivity contribution in [3.05, 3.63) is 60.0 Å². The van der Waals surface area contributed by atoms with Gasteiger partial charge in [-0.3, -0.25) is 9.59 Å². The quantitative estimate of drug-likeness (QED) is 0.687. The number of rotatable bonds is 5. The molecule has 7 nitrogen and oxygen atoms in total. The van der Waals surface area contributed by atoms with Crippen LogP contribution in [0.15, 0.2) is 53.1 Å². The molecule has 3 aromatic rings. The zero-order valence-corrected chi connectivity index (χ0v) is 17.6. The summed E-state index contributed by atoms with van der Waals surface area (Å²) in [7, 11) is 0. The smallest absolute Gasteiger partial charge is 0.255 e. The van der Waals surface area contributed by atoms with Gasteiger partial charge in [0.25, 0.3) is 5.91 Å². The highest BCUT2D eigenvalue weighted by atomic mass is 16.3. The fourth-order valence-corrected chi connectivity index (χ4v) is 4.09. The molecule has 1 saturated carbocycles. The number of carbonyl (C=O) groups is 2. The van der Waals surface area contributed by atoms with Gasteiger partial charge in [0.05, 0.1) is 11.3 Å². The van der Waals surface area contributed by atoms with Crippen molar-refractivity contribution in [1.82, 2.24) is 20.0 Å². The molecule has 2 aromatic heterocycles. The van der Waals surface area contributed by atoms with Crippen LogP contribution < -0.4 is 5.32 Å². The molecule has 0 bridgehead atoms. The van der Waals surface area contributed by atoms with Gasteiger partial charge >= 0.3 is 0 Å². The SMILES string of the molecule is Cc1ccc(-c2nn(-c3ccccc3)cc2C(=O)NC2CCN(C(=O)C3CC3)CC2)o1. The summed E-state index contributed by atoms with van der Waals surface area (Å²) in [5, 5.41) is 7.80. The van der Waals surface area contributed by atoms with E-state index < -0.39 is 0 Å². The molecule has 5 rings (SSSR count). The molecule has 3 heterocycles. The van der Waals surface area contributed by atoms with Crippen molar-refractivity contribution in [1.29, 1.82) is 0 Å². The van der Waals surface area contributed by atoms with Gasteiger partial charge in [0, 0.05) is 31.2 Å². The van der Waals surface area contributed by atoms with Crippen LogP contribution >= 0.6 is 0 Å².